The second kappa shape index (κ2) is 11.7. The molecular formula is C22H26F3N7O3. The van der Waals surface area contributed by atoms with Gasteiger partial charge in [0.05, 0.1) is 44.7 Å². The molecule has 1 amide bonds. The maximum Gasteiger partial charge on any atom is 0.416 e. The number of carbonyl (C=O) groups is 1. The number of hydrogen-bond donors (Lipinski definition) is 2. The zero-order valence-corrected chi connectivity index (χ0v) is 19.0. The van der Waals surface area contributed by atoms with Crippen LogP contribution in [0, 0.1) is 0 Å². The number of halogens is 3. The Hall–Kier alpha value is -3.55. The van der Waals surface area contributed by atoms with Crippen LogP contribution >= 0.6 is 0 Å². The van der Waals surface area contributed by atoms with Crippen molar-refractivity contribution >= 4 is 17.3 Å². The summed E-state index contributed by atoms with van der Waals surface area (Å²) in [6, 6.07) is 9.69. The van der Waals surface area contributed by atoms with Crippen LogP contribution in [0.2, 0.25) is 0 Å². The number of tetrazole rings is 1. The maximum absolute atomic E-state index is 13.5. The van der Waals surface area contributed by atoms with Crippen molar-refractivity contribution in [2.75, 3.05) is 44.4 Å². The van der Waals surface area contributed by atoms with Crippen molar-refractivity contribution in [2.45, 2.75) is 6.18 Å². The highest BCUT2D eigenvalue weighted by Gasteiger charge is 2.32. The summed E-state index contributed by atoms with van der Waals surface area (Å²) < 4.78 is 51.4. The second-order valence-corrected chi connectivity index (χ2v) is 7.41. The third-order valence-electron chi connectivity index (χ3n) is 4.92. The van der Waals surface area contributed by atoms with Crippen LogP contribution in [0.25, 0.3) is 11.4 Å². The largest absolute Gasteiger partial charge is 0.416 e. The average Bonchev–Trinajstić information content (AvgIpc) is 3.26. The highest BCUT2D eigenvalue weighted by molar-refractivity contribution is 5.93. The van der Waals surface area contributed by atoms with E-state index in [1.165, 1.54) is 25.2 Å². The van der Waals surface area contributed by atoms with Crippen LogP contribution in [0.5, 0.6) is 0 Å². The first kappa shape index (κ1) is 26.1. The molecule has 188 valence electrons. The van der Waals surface area contributed by atoms with E-state index >= 15 is 0 Å². The molecule has 0 spiro atoms. The molecule has 1 aromatic heterocycles. The minimum absolute atomic E-state index is 0.0310. The number of nitrogens with zero attached hydrogens (tertiary/aromatic N) is 5. The number of anilines is 2. The number of amides is 1. The van der Waals surface area contributed by atoms with Crippen LogP contribution in [-0.4, -0.2) is 65.6 Å². The van der Waals surface area contributed by atoms with E-state index in [0.717, 1.165) is 16.9 Å². The molecule has 0 bridgehead atoms. The molecule has 0 aliphatic carbocycles. The van der Waals surface area contributed by atoms with Crippen LogP contribution in [0.1, 0.15) is 15.9 Å². The molecule has 10 nitrogen and oxygen atoms in total. The van der Waals surface area contributed by atoms with E-state index in [2.05, 4.69) is 15.4 Å². The summed E-state index contributed by atoms with van der Waals surface area (Å²) in [5.74, 6) is -0.564. The first-order chi connectivity index (χ1) is 16.7. The number of hydrogen-bond acceptors (Lipinski definition) is 8. The molecule has 1 heterocycles. The Kier molecular flexibility index (Phi) is 8.73. The van der Waals surface area contributed by atoms with Crippen molar-refractivity contribution in [3.05, 3.63) is 53.6 Å². The van der Waals surface area contributed by atoms with Crippen molar-refractivity contribution in [1.29, 1.82) is 0 Å². The van der Waals surface area contributed by atoms with E-state index in [0.29, 0.717) is 43.3 Å². The molecule has 3 aromatic rings. The third-order valence-corrected chi connectivity index (χ3v) is 4.92. The number of aromatic nitrogens is 4. The SMILES string of the molecule is Cn1nnc(-c2cc(C(F)(F)F)ccc2N(CCOCCOCCN)c2ccc(C(N)=O)cc2)n1. The minimum Gasteiger partial charge on any atom is -0.378 e. The van der Waals surface area contributed by atoms with E-state index in [-0.39, 0.29) is 24.5 Å². The fraction of sp³-hybridized carbons (Fsp3) is 0.364. The molecule has 0 atom stereocenters. The normalized spacial score (nSPS) is 11.6. The van der Waals surface area contributed by atoms with Gasteiger partial charge in [-0.05, 0) is 47.7 Å². The Morgan fingerprint density at radius 3 is 2.31 bits per heavy atom. The Morgan fingerprint density at radius 1 is 1.06 bits per heavy atom. The summed E-state index contributed by atoms with van der Waals surface area (Å²) in [6.07, 6.45) is -4.56. The minimum atomic E-state index is -4.56. The summed E-state index contributed by atoms with van der Waals surface area (Å²) in [6.45, 7) is 2.01. The van der Waals surface area contributed by atoms with Gasteiger partial charge in [0, 0.05) is 29.9 Å². The summed E-state index contributed by atoms with van der Waals surface area (Å²) >= 11 is 0. The summed E-state index contributed by atoms with van der Waals surface area (Å²) in [7, 11) is 1.52. The topological polar surface area (TPSA) is 134 Å². The molecular weight excluding hydrogens is 467 g/mol. The number of carbonyl (C=O) groups excluding carboxylic acids is 1. The Morgan fingerprint density at radius 2 is 1.74 bits per heavy atom. The molecule has 0 aliphatic rings. The molecule has 0 unspecified atom stereocenters. The number of ether oxygens (including phenoxy) is 2. The lowest BCUT2D eigenvalue weighted by Gasteiger charge is -2.27. The molecule has 3 rings (SSSR count). The molecule has 0 fully saturated rings. The molecule has 0 radical (unpaired) electrons. The van der Waals surface area contributed by atoms with Gasteiger partial charge in [-0.1, -0.05) is 0 Å². The first-order valence-electron chi connectivity index (χ1n) is 10.7. The van der Waals surface area contributed by atoms with Gasteiger partial charge in [0.2, 0.25) is 11.7 Å². The van der Waals surface area contributed by atoms with Gasteiger partial charge in [0.1, 0.15) is 0 Å². The summed E-state index contributed by atoms with van der Waals surface area (Å²) in [5, 5.41) is 11.8. The molecule has 0 aliphatic heterocycles. The number of rotatable bonds is 12. The Labute approximate surface area is 199 Å². The zero-order chi connectivity index (χ0) is 25.4. The predicted molar refractivity (Wildman–Crippen MR) is 122 cm³/mol. The van der Waals surface area contributed by atoms with Crippen LogP contribution in [0.4, 0.5) is 24.5 Å². The zero-order valence-electron chi connectivity index (χ0n) is 19.0. The second-order valence-electron chi connectivity index (χ2n) is 7.41. The fourth-order valence-corrected chi connectivity index (χ4v) is 3.27. The monoisotopic (exact) mass is 493 g/mol. The molecule has 0 saturated carbocycles. The van der Waals surface area contributed by atoms with E-state index in [9.17, 15) is 18.0 Å². The van der Waals surface area contributed by atoms with Crippen molar-refractivity contribution in [3.8, 4) is 11.4 Å². The number of aryl methyl sites for hydroxylation is 1. The van der Waals surface area contributed by atoms with Gasteiger partial charge >= 0.3 is 6.18 Å². The number of benzene rings is 2. The standard InChI is InChI=1S/C22H26F3N7O3/c1-31-29-21(28-30-31)18-14-16(22(23,24)25)4-7-19(18)32(9-11-35-13-12-34-10-8-26)17-5-2-15(3-6-17)20(27)33/h2-7,14H,8-13,26H2,1H3,(H2,27,33). The third kappa shape index (κ3) is 6.97. The first-order valence-corrected chi connectivity index (χ1v) is 10.7. The lowest BCUT2D eigenvalue weighted by Crippen LogP contribution is -2.24. The quantitative estimate of drug-likeness (QED) is 0.367. The number of alkyl halides is 3. The van der Waals surface area contributed by atoms with Crippen molar-refractivity contribution in [2.24, 2.45) is 18.5 Å². The van der Waals surface area contributed by atoms with Crippen LogP contribution in [0.3, 0.4) is 0 Å². The molecule has 2 aromatic carbocycles. The van der Waals surface area contributed by atoms with Crippen molar-refractivity contribution in [3.63, 3.8) is 0 Å². The smallest absolute Gasteiger partial charge is 0.378 e. The van der Waals surface area contributed by atoms with Crippen LogP contribution < -0.4 is 16.4 Å². The van der Waals surface area contributed by atoms with Gasteiger partial charge in [-0.3, -0.25) is 4.79 Å². The van der Waals surface area contributed by atoms with Gasteiger partial charge < -0.3 is 25.8 Å². The summed E-state index contributed by atoms with van der Waals surface area (Å²) in [4.78, 5) is 14.4. The molecule has 4 N–H and O–H groups in total. The Balaban J connectivity index is 1.97. The van der Waals surface area contributed by atoms with E-state index < -0.39 is 17.6 Å². The van der Waals surface area contributed by atoms with Crippen LogP contribution in [0.15, 0.2) is 42.5 Å². The van der Waals surface area contributed by atoms with E-state index in [1.807, 2.05) is 0 Å². The fourth-order valence-electron chi connectivity index (χ4n) is 3.27. The summed E-state index contributed by atoms with van der Waals surface area (Å²) in [5.41, 5.74) is 11.3. The highest BCUT2D eigenvalue weighted by Crippen LogP contribution is 2.38. The lowest BCUT2D eigenvalue weighted by molar-refractivity contribution is -0.137. The highest BCUT2D eigenvalue weighted by atomic mass is 19.4. The van der Waals surface area contributed by atoms with Crippen molar-refractivity contribution < 1.29 is 27.4 Å². The number of primary amides is 1. The predicted octanol–water partition coefficient (Wildman–Crippen LogP) is 2.12. The molecule has 35 heavy (non-hydrogen) atoms. The van der Waals surface area contributed by atoms with Gasteiger partial charge in [-0.2, -0.15) is 18.0 Å². The number of nitrogens with two attached hydrogens (primary N) is 2. The van der Waals surface area contributed by atoms with Gasteiger partial charge in [-0.15, -0.1) is 10.2 Å². The van der Waals surface area contributed by atoms with Gasteiger partial charge in [0.25, 0.3) is 0 Å². The van der Waals surface area contributed by atoms with Gasteiger partial charge in [0.15, 0.2) is 0 Å². The Bertz CT molecular complexity index is 1120. The average molecular weight is 493 g/mol. The van der Waals surface area contributed by atoms with E-state index in [1.54, 1.807) is 17.0 Å². The van der Waals surface area contributed by atoms with E-state index in [4.69, 9.17) is 20.9 Å². The van der Waals surface area contributed by atoms with Crippen LogP contribution in [-0.2, 0) is 22.7 Å². The van der Waals surface area contributed by atoms with Crippen molar-refractivity contribution in [1.82, 2.24) is 20.2 Å². The maximum atomic E-state index is 13.5. The molecule has 0 saturated heterocycles. The molecule has 13 heteroatoms. The van der Waals surface area contributed by atoms with Gasteiger partial charge in [-0.25, -0.2) is 0 Å². The lowest BCUT2D eigenvalue weighted by atomic mass is 10.1.